The smallest absolute Gasteiger partial charge is 0.287 e. The minimum Gasteiger partial charge on any atom is -0.489 e. The summed E-state index contributed by atoms with van der Waals surface area (Å²) >= 11 is 0. The Kier molecular flexibility index (Phi) is 5.06. The normalized spacial score (nSPS) is 19.3. The third kappa shape index (κ3) is 3.88. The maximum atomic E-state index is 12.5. The number of nitrogens with zero attached hydrogens (tertiary/aromatic N) is 2. The van der Waals surface area contributed by atoms with Crippen LogP contribution in [0.5, 0.6) is 5.75 Å². The summed E-state index contributed by atoms with van der Waals surface area (Å²) in [6.07, 6.45) is 5.19. The Hall–Kier alpha value is -3.22. The fourth-order valence-electron chi connectivity index (χ4n) is 3.55. The first kappa shape index (κ1) is 18.2. The van der Waals surface area contributed by atoms with E-state index < -0.39 is 0 Å². The number of fused-ring (bicyclic) bond motifs is 1. The predicted molar refractivity (Wildman–Crippen MR) is 105 cm³/mol. The van der Waals surface area contributed by atoms with Gasteiger partial charge in [0.15, 0.2) is 5.82 Å². The van der Waals surface area contributed by atoms with Gasteiger partial charge in [0.2, 0.25) is 0 Å². The molecule has 1 amide bonds. The number of para-hydroxylation sites is 1. The lowest BCUT2D eigenvalue weighted by Gasteiger charge is -2.29. The van der Waals surface area contributed by atoms with Gasteiger partial charge < -0.3 is 15.0 Å². The monoisotopic (exact) mass is 378 g/mol. The van der Waals surface area contributed by atoms with Gasteiger partial charge in [0, 0.05) is 12.2 Å². The van der Waals surface area contributed by atoms with Crippen LogP contribution in [-0.2, 0) is 0 Å². The second kappa shape index (κ2) is 7.80. The minimum atomic E-state index is -0.352. The molecule has 1 aliphatic rings. The van der Waals surface area contributed by atoms with Crippen LogP contribution in [0.15, 0.2) is 47.4 Å². The summed E-state index contributed by atoms with van der Waals surface area (Å²) in [5.74, 6) is 0.510. The van der Waals surface area contributed by atoms with Crippen LogP contribution in [0, 0.1) is 6.92 Å². The molecule has 1 aromatic carbocycles. The van der Waals surface area contributed by atoms with Crippen LogP contribution < -0.4 is 15.6 Å². The molecule has 144 valence electrons. The summed E-state index contributed by atoms with van der Waals surface area (Å²) in [4.78, 5) is 35.8. The molecular weight excluding hydrogens is 356 g/mol. The van der Waals surface area contributed by atoms with E-state index in [0.29, 0.717) is 10.9 Å². The summed E-state index contributed by atoms with van der Waals surface area (Å²) in [6.45, 7) is 1.93. The van der Waals surface area contributed by atoms with Crippen LogP contribution >= 0.6 is 0 Å². The van der Waals surface area contributed by atoms with Gasteiger partial charge in [-0.2, -0.15) is 0 Å². The van der Waals surface area contributed by atoms with Crippen LogP contribution in [-0.4, -0.2) is 33.0 Å². The van der Waals surface area contributed by atoms with Crippen molar-refractivity contribution in [3.8, 4) is 5.75 Å². The zero-order valence-electron chi connectivity index (χ0n) is 15.6. The van der Waals surface area contributed by atoms with E-state index in [1.807, 2.05) is 19.1 Å². The first-order valence-corrected chi connectivity index (χ1v) is 9.48. The molecule has 1 fully saturated rings. The number of nitrogens with one attached hydrogen (secondary N) is 2. The van der Waals surface area contributed by atoms with Crippen LogP contribution in [0.4, 0.5) is 0 Å². The number of ether oxygens (including phenoxy) is 1. The van der Waals surface area contributed by atoms with Crippen molar-refractivity contribution in [2.24, 2.45) is 0 Å². The quantitative estimate of drug-likeness (QED) is 0.728. The second-order valence-corrected chi connectivity index (χ2v) is 7.08. The summed E-state index contributed by atoms with van der Waals surface area (Å²) in [5, 5.41) is 3.46. The first-order valence-electron chi connectivity index (χ1n) is 9.48. The van der Waals surface area contributed by atoms with Crippen molar-refractivity contribution in [3.63, 3.8) is 0 Å². The Morgan fingerprint density at radius 3 is 2.71 bits per heavy atom. The highest BCUT2D eigenvalue weighted by molar-refractivity contribution is 5.92. The van der Waals surface area contributed by atoms with Crippen molar-refractivity contribution in [1.29, 1.82) is 0 Å². The van der Waals surface area contributed by atoms with Crippen molar-refractivity contribution < 1.29 is 9.53 Å². The molecule has 0 unspecified atom stereocenters. The van der Waals surface area contributed by atoms with Crippen LogP contribution in [0.1, 0.15) is 42.0 Å². The molecule has 7 nitrogen and oxygen atoms in total. The number of hydrogen-bond donors (Lipinski definition) is 2. The Bertz CT molecular complexity index is 1050. The highest BCUT2D eigenvalue weighted by Crippen LogP contribution is 2.25. The van der Waals surface area contributed by atoms with E-state index in [2.05, 4.69) is 20.3 Å². The molecule has 0 spiro atoms. The van der Waals surface area contributed by atoms with Gasteiger partial charge in [0.1, 0.15) is 5.75 Å². The summed E-state index contributed by atoms with van der Waals surface area (Å²) in [7, 11) is 0. The molecule has 0 saturated heterocycles. The van der Waals surface area contributed by atoms with E-state index in [1.165, 1.54) is 0 Å². The van der Waals surface area contributed by atoms with Gasteiger partial charge in [-0.05, 0) is 56.9 Å². The topological polar surface area (TPSA) is 97.0 Å². The average Bonchev–Trinajstić information content (AvgIpc) is 2.71. The zero-order valence-corrected chi connectivity index (χ0v) is 15.6. The molecule has 1 aliphatic carbocycles. The molecule has 0 radical (unpaired) electrons. The molecular formula is C21H22N4O3. The third-order valence-electron chi connectivity index (χ3n) is 5.09. The third-order valence-corrected chi connectivity index (χ3v) is 5.09. The van der Waals surface area contributed by atoms with E-state index in [-0.39, 0.29) is 29.4 Å². The highest BCUT2D eigenvalue weighted by Gasteiger charge is 2.25. The number of benzene rings is 1. The average molecular weight is 378 g/mol. The zero-order chi connectivity index (χ0) is 19.5. The van der Waals surface area contributed by atoms with E-state index in [0.717, 1.165) is 37.1 Å². The van der Waals surface area contributed by atoms with Crippen LogP contribution in [0.25, 0.3) is 10.9 Å². The lowest BCUT2D eigenvalue weighted by molar-refractivity contribution is 0.0883. The molecule has 28 heavy (non-hydrogen) atoms. The summed E-state index contributed by atoms with van der Waals surface area (Å²) in [6, 6.07) is 10.8. The Labute approximate surface area is 162 Å². The molecule has 4 rings (SSSR count). The van der Waals surface area contributed by atoms with Gasteiger partial charge in [-0.15, -0.1) is 0 Å². The lowest BCUT2D eigenvalue weighted by atomic mass is 9.93. The van der Waals surface area contributed by atoms with E-state index in [9.17, 15) is 9.59 Å². The van der Waals surface area contributed by atoms with E-state index in [1.54, 1.807) is 30.5 Å². The number of amides is 1. The molecule has 3 aromatic rings. The molecule has 2 N–H and O–H groups in total. The predicted octanol–water partition coefficient (Wildman–Crippen LogP) is 2.75. The molecule has 1 saturated carbocycles. The minimum absolute atomic E-state index is 0.0408. The van der Waals surface area contributed by atoms with Crippen LogP contribution in [0.2, 0.25) is 0 Å². The standard InChI is InChI=1S/C21H22N4O3/c1-13-18(7-4-12-22-13)28-15-10-8-14(9-11-15)23-21(27)19-24-17-6-3-2-5-16(17)20(26)25-19/h2-7,12,14-15H,8-11H2,1H3,(H,23,27)(H,24,25,26). The maximum Gasteiger partial charge on any atom is 0.287 e. The SMILES string of the molecule is Cc1ncccc1OC1CCC(NC(=O)c2nc3ccccc3c(=O)[nH]2)CC1. The first-order chi connectivity index (χ1) is 13.6. The Morgan fingerprint density at radius 1 is 1.14 bits per heavy atom. The number of aryl methyl sites for hydroxylation is 1. The van der Waals surface area contributed by atoms with Gasteiger partial charge in [-0.3, -0.25) is 14.6 Å². The van der Waals surface area contributed by atoms with Gasteiger partial charge in [-0.1, -0.05) is 12.1 Å². The van der Waals surface area contributed by atoms with Crippen molar-refractivity contribution >= 4 is 16.8 Å². The molecule has 0 atom stereocenters. The number of aromatic nitrogens is 3. The fourth-order valence-corrected chi connectivity index (χ4v) is 3.55. The summed E-state index contributed by atoms with van der Waals surface area (Å²) in [5.41, 5.74) is 1.09. The molecule has 2 heterocycles. The van der Waals surface area contributed by atoms with Gasteiger partial charge in [0.05, 0.1) is 22.7 Å². The lowest BCUT2D eigenvalue weighted by Crippen LogP contribution is -2.40. The number of H-pyrrole nitrogens is 1. The van der Waals surface area contributed by atoms with Crippen molar-refractivity contribution in [2.75, 3.05) is 0 Å². The Balaban J connectivity index is 1.36. The number of pyridine rings is 1. The van der Waals surface area contributed by atoms with Gasteiger partial charge >= 0.3 is 0 Å². The number of hydrogen-bond acceptors (Lipinski definition) is 5. The molecule has 0 aliphatic heterocycles. The van der Waals surface area contributed by atoms with Gasteiger partial charge in [0.25, 0.3) is 11.5 Å². The fraction of sp³-hybridized carbons (Fsp3) is 0.333. The highest BCUT2D eigenvalue weighted by atomic mass is 16.5. The number of rotatable bonds is 4. The van der Waals surface area contributed by atoms with Crippen molar-refractivity contribution in [3.05, 3.63) is 64.5 Å². The number of carbonyl (C=O) groups is 1. The largest absolute Gasteiger partial charge is 0.489 e. The second-order valence-electron chi connectivity index (χ2n) is 7.08. The molecule has 0 bridgehead atoms. The van der Waals surface area contributed by atoms with E-state index >= 15 is 0 Å². The summed E-state index contributed by atoms with van der Waals surface area (Å²) < 4.78 is 6.05. The Morgan fingerprint density at radius 2 is 1.93 bits per heavy atom. The number of aromatic amines is 1. The van der Waals surface area contributed by atoms with Crippen LogP contribution in [0.3, 0.4) is 0 Å². The van der Waals surface area contributed by atoms with Crippen molar-refractivity contribution in [1.82, 2.24) is 20.3 Å². The maximum absolute atomic E-state index is 12.5. The van der Waals surface area contributed by atoms with E-state index in [4.69, 9.17) is 4.74 Å². The molecule has 2 aromatic heterocycles. The number of carbonyl (C=O) groups excluding carboxylic acids is 1. The molecule has 7 heteroatoms. The van der Waals surface area contributed by atoms with Gasteiger partial charge in [-0.25, -0.2) is 4.98 Å². The van der Waals surface area contributed by atoms with Crippen molar-refractivity contribution in [2.45, 2.75) is 44.8 Å².